The number of piperidine rings is 2. The van der Waals surface area contributed by atoms with E-state index in [-0.39, 0.29) is 0 Å². The first-order chi connectivity index (χ1) is 10.8. The van der Waals surface area contributed by atoms with Crippen molar-refractivity contribution in [1.82, 2.24) is 9.88 Å². The van der Waals surface area contributed by atoms with Gasteiger partial charge in [-0.25, -0.2) is 4.98 Å². The van der Waals surface area contributed by atoms with Crippen LogP contribution in [0.2, 0.25) is 0 Å². The van der Waals surface area contributed by atoms with Gasteiger partial charge in [-0.1, -0.05) is 0 Å². The summed E-state index contributed by atoms with van der Waals surface area (Å²) in [7, 11) is 0. The number of nitrogens with zero attached hydrogens (tertiary/aromatic N) is 4. The van der Waals surface area contributed by atoms with Crippen molar-refractivity contribution in [3.8, 4) is 6.07 Å². The maximum absolute atomic E-state index is 12.2. The van der Waals surface area contributed by atoms with E-state index < -0.39 is 0 Å². The molecule has 1 aromatic rings. The summed E-state index contributed by atoms with van der Waals surface area (Å²) in [6.45, 7) is 1.96. The molecule has 3 fully saturated rings. The summed E-state index contributed by atoms with van der Waals surface area (Å²) >= 11 is 0. The van der Waals surface area contributed by atoms with Crippen LogP contribution in [0.15, 0.2) is 18.3 Å². The van der Waals surface area contributed by atoms with E-state index in [1.807, 2.05) is 6.07 Å². The van der Waals surface area contributed by atoms with Crippen LogP contribution in [0.5, 0.6) is 0 Å². The molecule has 3 aliphatic rings. The molecule has 3 heterocycles. The second-order valence-corrected chi connectivity index (χ2v) is 6.65. The largest absolute Gasteiger partial charge is 0.370 e. The Balaban J connectivity index is 1.49. The number of likely N-dealkylation sites (tertiary alicyclic amines) is 1. The van der Waals surface area contributed by atoms with Crippen molar-refractivity contribution >= 4 is 11.6 Å². The molecule has 0 radical (unpaired) electrons. The van der Waals surface area contributed by atoms with Gasteiger partial charge in [-0.3, -0.25) is 4.79 Å². The van der Waals surface area contributed by atoms with Crippen molar-refractivity contribution < 1.29 is 4.79 Å². The fourth-order valence-electron chi connectivity index (χ4n) is 3.99. The number of carbonyl (C=O) groups excluding carboxylic acids is 1. The molecule has 114 valence electrons. The van der Waals surface area contributed by atoms with Crippen LogP contribution < -0.4 is 4.90 Å². The predicted molar refractivity (Wildman–Crippen MR) is 82.2 cm³/mol. The van der Waals surface area contributed by atoms with E-state index in [0.29, 0.717) is 36.0 Å². The molecule has 0 aromatic carbocycles. The van der Waals surface area contributed by atoms with Gasteiger partial charge in [0.15, 0.2) is 0 Å². The zero-order valence-electron chi connectivity index (χ0n) is 12.6. The molecule has 1 saturated carbocycles. The number of anilines is 1. The maximum Gasteiger partial charge on any atom is 0.223 e. The Bertz CT molecular complexity index is 617. The van der Waals surface area contributed by atoms with Crippen LogP contribution in [-0.4, -0.2) is 41.0 Å². The van der Waals surface area contributed by atoms with Crippen LogP contribution in [0.1, 0.15) is 37.8 Å². The van der Waals surface area contributed by atoms with E-state index in [2.05, 4.69) is 20.9 Å². The maximum atomic E-state index is 12.2. The lowest BCUT2D eigenvalue weighted by atomic mass is 9.83. The van der Waals surface area contributed by atoms with Crippen LogP contribution in [0, 0.1) is 17.2 Å². The minimum atomic E-state index is 0.372. The summed E-state index contributed by atoms with van der Waals surface area (Å²) in [4.78, 5) is 21.0. The van der Waals surface area contributed by atoms with E-state index in [4.69, 9.17) is 5.26 Å². The third-order valence-corrected chi connectivity index (χ3v) is 5.24. The molecule has 0 unspecified atom stereocenters. The molecule has 0 spiro atoms. The van der Waals surface area contributed by atoms with E-state index in [1.54, 1.807) is 12.3 Å². The van der Waals surface area contributed by atoms with Gasteiger partial charge in [0.25, 0.3) is 0 Å². The number of hydrogen-bond acceptors (Lipinski definition) is 4. The summed E-state index contributed by atoms with van der Waals surface area (Å²) < 4.78 is 0. The van der Waals surface area contributed by atoms with Crippen molar-refractivity contribution in [2.45, 2.75) is 44.2 Å². The minimum absolute atomic E-state index is 0.372. The number of fused-ring (bicyclic) bond motifs is 1. The normalized spacial score (nSPS) is 28.2. The van der Waals surface area contributed by atoms with Gasteiger partial charge in [0.2, 0.25) is 5.91 Å². The van der Waals surface area contributed by atoms with Crippen molar-refractivity contribution in [3.63, 3.8) is 0 Å². The summed E-state index contributed by atoms with van der Waals surface area (Å²) in [6, 6.07) is 6.80. The van der Waals surface area contributed by atoms with Gasteiger partial charge in [-0.05, 0) is 43.7 Å². The van der Waals surface area contributed by atoms with Crippen molar-refractivity contribution in [1.29, 1.82) is 5.26 Å². The third-order valence-electron chi connectivity index (χ3n) is 5.24. The number of nitriles is 1. The monoisotopic (exact) mass is 296 g/mol. The van der Waals surface area contributed by atoms with E-state index in [9.17, 15) is 4.79 Å². The Kier molecular flexibility index (Phi) is 3.25. The molecule has 2 saturated heterocycles. The number of rotatable bonds is 2. The van der Waals surface area contributed by atoms with Gasteiger partial charge in [0.05, 0.1) is 11.9 Å². The molecule has 1 aromatic heterocycles. The van der Waals surface area contributed by atoms with E-state index in [1.165, 1.54) is 12.8 Å². The Morgan fingerprint density at radius 3 is 2.77 bits per heavy atom. The summed E-state index contributed by atoms with van der Waals surface area (Å²) in [5.74, 6) is 0.944. The highest BCUT2D eigenvalue weighted by atomic mass is 16.2. The van der Waals surface area contributed by atoms with Crippen LogP contribution in [0.4, 0.5) is 5.69 Å². The first-order valence-corrected chi connectivity index (χ1v) is 8.18. The number of amides is 1. The van der Waals surface area contributed by atoms with Gasteiger partial charge < -0.3 is 9.80 Å². The number of aromatic nitrogens is 1. The molecule has 5 nitrogen and oxygen atoms in total. The molecular formula is C17H20N4O. The highest BCUT2D eigenvalue weighted by molar-refractivity contribution is 5.78. The second-order valence-electron chi connectivity index (χ2n) is 6.65. The van der Waals surface area contributed by atoms with Gasteiger partial charge in [0.1, 0.15) is 11.8 Å². The zero-order chi connectivity index (χ0) is 15.1. The van der Waals surface area contributed by atoms with E-state index in [0.717, 1.165) is 31.6 Å². The lowest BCUT2D eigenvalue weighted by molar-refractivity contribution is -0.140. The molecule has 1 amide bonds. The summed E-state index contributed by atoms with van der Waals surface area (Å²) in [5, 5.41) is 8.84. The molecule has 22 heavy (non-hydrogen) atoms. The highest BCUT2D eigenvalue weighted by Crippen LogP contribution is 2.39. The van der Waals surface area contributed by atoms with Crippen LogP contribution >= 0.6 is 0 Å². The fourth-order valence-corrected chi connectivity index (χ4v) is 3.99. The first-order valence-electron chi connectivity index (χ1n) is 8.18. The average Bonchev–Trinajstić information content (AvgIpc) is 3.39. The quantitative estimate of drug-likeness (QED) is 0.836. The topological polar surface area (TPSA) is 60.2 Å². The molecule has 0 bridgehead atoms. The molecule has 2 atom stereocenters. The first kappa shape index (κ1) is 13.6. The minimum Gasteiger partial charge on any atom is -0.370 e. The Morgan fingerprint density at radius 1 is 1.23 bits per heavy atom. The van der Waals surface area contributed by atoms with Gasteiger partial charge in [-0.15, -0.1) is 0 Å². The third kappa shape index (κ3) is 2.33. The zero-order valence-corrected chi connectivity index (χ0v) is 12.6. The second kappa shape index (κ2) is 5.28. The number of pyridine rings is 1. The highest BCUT2D eigenvalue weighted by Gasteiger charge is 2.45. The van der Waals surface area contributed by atoms with E-state index >= 15 is 0 Å². The molecule has 5 heteroatoms. The fraction of sp³-hybridized carbons (Fsp3) is 0.588. The lowest BCUT2D eigenvalue weighted by Crippen LogP contribution is -2.56. The summed E-state index contributed by atoms with van der Waals surface area (Å²) in [6.07, 6.45) is 6.94. The van der Waals surface area contributed by atoms with Crippen LogP contribution in [0.3, 0.4) is 0 Å². The summed E-state index contributed by atoms with van der Waals surface area (Å²) in [5.41, 5.74) is 1.55. The smallest absolute Gasteiger partial charge is 0.223 e. The molecule has 1 aliphatic carbocycles. The van der Waals surface area contributed by atoms with Crippen molar-refractivity contribution in [2.75, 3.05) is 18.0 Å². The Hall–Kier alpha value is -2.09. The van der Waals surface area contributed by atoms with Gasteiger partial charge in [-0.2, -0.15) is 5.26 Å². The standard InChI is InChI=1S/C17H20N4O/c18-9-13-2-3-15(10-19-13)20-8-7-16-12(11-20)1-6-17(22)21(16)14-4-5-14/h2-3,10,12,14,16H,1,4-8,11H2/t12-,16+/m1/s1. The van der Waals surface area contributed by atoms with Crippen LogP contribution in [-0.2, 0) is 4.79 Å². The van der Waals surface area contributed by atoms with Gasteiger partial charge in [0, 0.05) is 31.6 Å². The number of hydrogen-bond donors (Lipinski definition) is 0. The Labute approximate surface area is 130 Å². The number of carbonyl (C=O) groups is 1. The van der Waals surface area contributed by atoms with Crippen molar-refractivity contribution in [3.05, 3.63) is 24.0 Å². The van der Waals surface area contributed by atoms with Crippen LogP contribution in [0.25, 0.3) is 0 Å². The molecule has 0 N–H and O–H groups in total. The molecule has 4 rings (SSSR count). The van der Waals surface area contributed by atoms with Gasteiger partial charge >= 0.3 is 0 Å². The lowest BCUT2D eigenvalue weighted by Gasteiger charge is -2.48. The molecule has 2 aliphatic heterocycles. The Morgan fingerprint density at radius 2 is 2.09 bits per heavy atom. The molecular weight excluding hydrogens is 276 g/mol. The SMILES string of the molecule is N#Cc1ccc(N2CC[C@H]3[C@H](CCC(=O)N3C3CC3)C2)cn1. The average molecular weight is 296 g/mol. The van der Waals surface area contributed by atoms with Crippen molar-refractivity contribution in [2.24, 2.45) is 5.92 Å². The predicted octanol–water partition coefficient (Wildman–Crippen LogP) is 1.93.